The number of halogens is 3. The Labute approximate surface area is 186 Å². The quantitative estimate of drug-likeness (QED) is 0.555. The first-order chi connectivity index (χ1) is 15.3. The number of hydrogen-bond donors (Lipinski definition) is 2. The Bertz CT molecular complexity index is 934. The first-order valence-electron chi connectivity index (χ1n) is 11.2. The second-order valence-electron chi connectivity index (χ2n) is 9.16. The van der Waals surface area contributed by atoms with Crippen molar-refractivity contribution in [1.82, 2.24) is 4.90 Å². The molecule has 0 aromatic heterocycles. The molecule has 4 rings (SSSR count). The van der Waals surface area contributed by atoms with E-state index in [2.05, 4.69) is 5.32 Å². The van der Waals surface area contributed by atoms with Crippen molar-refractivity contribution < 1.29 is 23.1 Å². The van der Waals surface area contributed by atoms with Crippen LogP contribution >= 0.6 is 0 Å². The molecule has 0 radical (unpaired) electrons. The van der Waals surface area contributed by atoms with Crippen molar-refractivity contribution in [2.45, 2.75) is 38.3 Å². The summed E-state index contributed by atoms with van der Waals surface area (Å²) in [5, 5.41) is 12.9. The van der Waals surface area contributed by atoms with E-state index < -0.39 is 17.6 Å². The number of likely N-dealkylation sites (tertiary alicyclic amines) is 1. The maximum absolute atomic E-state index is 13.5. The van der Waals surface area contributed by atoms with Crippen molar-refractivity contribution in [1.29, 1.82) is 0 Å². The van der Waals surface area contributed by atoms with Crippen LogP contribution in [0.1, 0.15) is 42.5 Å². The van der Waals surface area contributed by atoms with Crippen LogP contribution in [-0.2, 0) is 0 Å². The molecule has 2 aliphatic rings. The molecule has 4 nitrogen and oxygen atoms in total. The van der Waals surface area contributed by atoms with E-state index in [1.54, 1.807) is 12.1 Å². The number of carbonyl (C=O) groups is 1. The fourth-order valence-corrected chi connectivity index (χ4v) is 4.85. The Morgan fingerprint density at radius 3 is 2.31 bits per heavy atom. The number of alkyl halides is 3. The van der Waals surface area contributed by atoms with Gasteiger partial charge in [0.1, 0.15) is 0 Å². The van der Waals surface area contributed by atoms with Crippen LogP contribution in [0, 0.1) is 11.3 Å². The Morgan fingerprint density at radius 1 is 1.06 bits per heavy atom. The monoisotopic (exact) mass is 446 g/mol. The smallest absolute Gasteiger partial charge is 0.395 e. The highest BCUT2D eigenvalue weighted by Crippen LogP contribution is 2.53. The van der Waals surface area contributed by atoms with Gasteiger partial charge in [0.15, 0.2) is 0 Å². The maximum Gasteiger partial charge on any atom is 0.395 e. The molecule has 2 aromatic rings. The summed E-state index contributed by atoms with van der Waals surface area (Å²) in [6.07, 6.45) is -1.36. The van der Waals surface area contributed by atoms with Gasteiger partial charge < -0.3 is 15.3 Å². The van der Waals surface area contributed by atoms with E-state index in [4.69, 9.17) is 0 Å². The number of benzene rings is 2. The molecule has 1 saturated heterocycles. The zero-order valence-electron chi connectivity index (χ0n) is 18.0. The average molecular weight is 447 g/mol. The zero-order valence-corrected chi connectivity index (χ0v) is 18.0. The molecule has 1 saturated carbocycles. The summed E-state index contributed by atoms with van der Waals surface area (Å²) >= 11 is 0. The van der Waals surface area contributed by atoms with Crippen LogP contribution in [0.25, 0.3) is 11.1 Å². The molecule has 0 amide bonds. The van der Waals surface area contributed by atoms with Crippen molar-refractivity contribution in [3.63, 3.8) is 0 Å². The van der Waals surface area contributed by atoms with Gasteiger partial charge in [0.05, 0.1) is 11.0 Å². The predicted octanol–water partition coefficient (Wildman–Crippen LogP) is 5.91. The molecular weight excluding hydrogens is 417 g/mol. The van der Waals surface area contributed by atoms with Gasteiger partial charge in [0.2, 0.25) is 0 Å². The lowest BCUT2D eigenvalue weighted by Crippen LogP contribution is -2.53. The van der Waals surface area contributed by atoms with Crippen molar-refractivity contribution in [3.05, 3.63) is 54.1 Å². The van der Waals surface area contributed by atoms with Gasteiger partial charge in [-0.15, -0.1) is 0 Å². The minimum absolute atomic E-state index is 0.110. The highest BCUT2D eigenvalue weighted by molar-refractivity contribution is 5.95. The molecule has 0 unspecified atom stereocenters. The topological polar surface area (TPSA) is 52.6 Å². The summed E-state index contributed by atoms with van der Waals surface area (Å²) in [5.41, 5.74) is 1.24. The van der Waals surface area contributed by atoms with Crippen LogP contribution in [0.15, 0.2) is 48.5 Å². The predicted molar refractivity (Wildman–Crippen MR) is 119 cm³/mol. The number of carboxylic acid groups (broad SMARTS) is 1. The number of piperidine rings is 1. The minimum Gasteiger partial charge on any atom is -0.478 e. The van der Waals surface area contributed by atoms with Gasteiger partial charge in [0.25, 0.3) is 0 Å². The van der Waals surface area contributed by atoms with E-state index in [1.807, 2.05) is 41.3 Å². The lowest BCUT2D eigenvalue weighted by atomic mass is 9.67. The Kier molecular flexibility index (Phi) is 6.47. The van der Waals surface area contributed by atoms with Crippen LogP contribution < -0.4 is 5.32 Å². The van der Waals surface area contributed by atoms with Gasteiger partial charge in [-0.05, 0) is 68.0 Å². The standard InChI is InChI=1S/C25H29F3N2O2/c26-25(27,28)24(11-4-12-24)17-30-13-9-18(10-14-30)16-29-22-15-20(7-8-21(22)23(31)32)19-5-2-1-3-6-19/h1-3,5-8,15,18,29H,4,9-14,16-17H2,(H,31,32). The van der Waals surface area contributed by atoms with Gasteiger partial charge in [-0.3, -0.25) is 0 Å². The number of hydrogen-bond acceptors (Lipinski definition) is 3. The van der Waals surface area contributed by atoms with Crippen molar-refractivity contribution in [2.24, 2.45) is 11.3 Å². The summed E-state index contributed by atoms with van der Waals surface area (Å²) in [4.78, 5) is 13.6. The van der Waals surface area contributed by atoms with Crippen molar-refractivity contribution >= 4 is 11.7 Å². The fourth-order valence-electron chi connectivity index (χ4n) is 4.85. The molecule has 1 aliphatic heterocycles. The van der Waals surface area contributed by atoms with Gasteiger partial charge in [-0.2, -0.15) is 13.2 Å². The number of aromatic carboxylic acids is 1. The van der Waals surface area contributed by atoms with Crippen molar-refractivity contribution in [2.75, 3.05) is 31.5 Å². The molecule has 1 heterocycles. The van der Waals surface area contributed by atoms with Crippen LogP contribution in [0.5, 0.6) is 0 Å². The average Bonchev–Trinajstić information content (AvgIpc) is 2.75. The minimum atomic E-state index is -4.12. The van der Waals surface area contributed by atoms with Crippen LogP contribution in [0.2, 0.25) is 0 Å². The molecule has 2 aromatic carbocycles. The summed E-state index contributed by atoms with van der Waals surface area (Å²) in [6, 6.07) is 15.0. The molecule has 2 fully saturated rings. The normalized spacial score (nSPS) is 19.3. The van der Waals surface area contributed by atoms with Gasteiger partial charge in [0, 0.05) is 18.8 Å². The number of carboxylic acids is 1. The molecule has 0 spiro atoms. The Balaban J connectivity index is 1.36. The van der Waals surface area contributed by atoms with Gasteiger partial charge >= 0.3 is 12.1 Å². The summed E-state index contributed by atoms with van der Waals surface area (Å²) in [5.74, 6) is -0.684. The molecule has 1 aliphatic carbocycles. The fraction of sp³-hybridized carbons (Fsp3) is 0.480. The molecule has 0 bridgehead atoms. The SMILES string of the molecule is O=C(O)c1ccc(-c2ccccc2)cc1NCC1CCN(CC2(C(F)(F)F)CCC2)CC1. The Hall–Kier alpha value is -2.54. The number of nitrogens with one attached hydrogen (secondary N) is 1. The van der Waals surface area contributed by atoms with Gasteiger partial charge in [-0.25, -0.2) is 4.79 Å². The third-order valence-electron chi connectivity index (χ3n) is 7.08. The third kappa shape index (κ3) is 4.77. The summed E-state index contributed by atoms with van der Waals surface area (Å²) in [7, 11) is 0. The lowest BCUT2D eigenvalue weighted by Gasteiger charge is -2.47. The van der Waals surface area contributed by atoms with Crippen LogP contribution in [0.3, 0.4) is 0 Å². The highest BCUT2D eigenvalue weighted by atomic mass is 19.4. The van der Waals surface area contributed by atoms with E-state index in [9.17, 15) is 23.1 Å². The second-order valence-corrected chi connectivity index (χ2v) is 9.16. The van der Waals surface area contributed by atoms with E-state index in [0.29, 0.717) is 37.7 Å². The molecule has 7 heteroatoms. The number of rotatable bonds is 7. The first kappa shape index (κ1) is 22.6. The lowest BCUT2D eigenvalue weighted by molar-refractivity contribution is -0.256. The maximum atomic E-state index is 13.5. The highest BCUT2D eigenvalue weighted by Gasteiger charge is 2.58. The molecule has 172 valence electrons. The van der Waals surface area contributed by atoms with Crippen molar-refractivity contribution in [3.8, 4) is 11.1 Å². The van der Waals surface area contributed by atoms with Gasteiger partial charge in [-0.1, -0.05) is 42.8 Å². The number of anilines is 1. The van der Waals surface area contributed by atoms with E-state index >= 15 is 0 Å². The number of nitrogens with zero attached hydrogens (tertiary/aromatic N) is 1. The first-order valence-corrected chi connectivity index (χ1v) is 11.2. The van der Waals surface area contributed by atoms with Crippen LogP contribution in [-0.4, -0.2) is 48.3 Å². The summed E-state index contributed by atoms with van der Waals surface area (Å²) < 4.78 is 40.4. The Morgan fingerprint density at radius 2 is 1.75 bits per heavy atom. The van der Waals surface area contributed by atoms with Crippen LogP contribution in [0.4, 0.5) is 18.9 Å². The molecule has 0 atom stereocenters. The van der Waals surface area contributed by atoms with E-state index in [1.165, 1.54) is 0 Å². The van der Waals surface area contributed by atoms with E-state index in [-0.39, 0.29) is 24.9 Å². The zero-order chi connectivity index (χ0) is 22.8. The molecular formula is C25H29F3N2O2. The van der Waals surface area contributed by atoms with E-state index in [0.717, 1.165) is 24.0 Å². The summed E-state index contributed by atoms with van der Waals surface area (Å²) in [6.45, 7) is 2.02. The third-order valence-corrected chi connectivity index (χ3v) is 7.08. The largest absolute Gasteiger partial charge is 0.478 e. The second kappa shape index (κ2) is 9.14. The molecule has 32 heavy (non-hydrogen) atoms. The molecule has 2 N–H and O–H groups in total.